The Balaban J connectivity index is 1.22. The fraction of sp³-hybridized carbons (Fsp3) is 0.364. The van der Waals surface area contributed by atoms with Gasteiger partial charge in [-0.1, -0.05) is 16.9 Å². The number of carbonyl (C=O) groups excluding carboxylic acids is 3. The molecule has 0 spiro atoms. The van der Waals surface area contributed by atoms with Gasteiger partial charge in [0, 0.05) is 36.7 Å². The van der Waals surface area contributed by atoms with Gasteiger partial charge in [0.25, 0.3) is 11.8 Å². The summed E-state index contributed by atoms with van der Waals surface area (Å²) in [5.41, 5.74) is 4.76. The molecule has 5 heterocycles. The summed E-state index contributed by atoms with van der Waals surface area (Å²) in [5.74, 6) is -2.46. The second kappa shape index (κ2) is 12.3. The smallest absolute Gasteiger partial charge is 0.313 e. The Morgan fingerprint density at radius 2 is 2.21 bits per heavy atom. The highest BCUT2D eigenvalue weighted by molar-refractivity contribution is 8.00. The lowest BCUT2D eigenvalue weighted by Crippen LogP contribution is -2.74. The molecule has 5 N–H and O–H groups in total. The zero-order valence-electron chi connectivity index (χ0n) is 21.7. The van der Waals surface area contributed by atoms with Gasteiger partial charge < -0.3 is 31.2 Å². The number of nitrogens with two attached hydrogens (primary N) is 1. The number of oxime groups is 1. The molecule has 2 aliphatic heterocycles. The van der Waals surface area contributed by atoms with Crippen LogP contribution in [0.15, 0.2) is 40.2 Å². The van der Waals surface area contributed by atoms with Gasteiger partial charge >= 0.3 is 5.97 Å². The van der Waals surface area contributed by atoms with Crippen LogP contribution in [0.2, 0.25) is 0 Å². The fourth-order valence-electron chi connectivity index (χ4n) is 4.05. The number of nitrogen functional groups attached to an aromatic ring is 1. The van der Waals surface area contributed by atoms with Gasteiger partial charge in [0.1, 0.15) is 22.5 Å². The molecule has 3 aromatic rings. The predicted molar refractivity (Wildman–Crippen MR) is 151 cm³/mol. The lowest BCUT2D eigenvalue weighted by Gasteiger charge is -2.53. The number of amides is 3. The molecule has 2 saturated heterocycles. The maximum Gasteiger partial charge on any atom is 0.313 e. The molecule has 220 valence electrons. The molecule has 0 saturated carbocycles. The van der Waals surface area contributed by atoms with Gasteiger partial charge in [-0.05, 0) is 22.6 Å². The number of thioether (sulfide) groups is 2. The van der Waals surface area contributed by atoms with Crippen molar-refractivity contribution < 1.29 is 29.1 Å². The molecule has 42 heavy (non-hydrogen) atoms. The molecule has 0 radical (unpaired) electrons. The van der Waals surface area contributed by atoms with Gasteiger partial charge in [0.2, 0.25) is 11.1 Å². The third kappa shape index (κ3) is 6.14. The Bertz CT molecular complexity index is 1530. The molecule has 3 amide bonds. The number of aliphatic carboxylic acids is 1. The molecule has 17 nitrogen and oxygen atoms in total. The summed E-state index contributed by atoms with van der Waals surface area (Å²) in [6.07, 6.45) is 3.01. The summed E-state index contributed by atoms with van der Waals surface area (Å²) in [7, 11) is 1.65. The highest BCUT2D eigenvalue weighted by Crippen LogP contribution is 2.44. The average molecular weight is 634 g/mol. The summed E-state index contributed by atoms with van der Waals surface area (Å²) in [4.78, 5) is 65.3. The van der Waals surface area contributed by atoms with Gasteiger partial charge in [-0.3, -0.25) is 24.2 Å². The molecule has 0 aliphatic carbocycles. The number of rotatable bonds is 11. The Morgan fingerprint density at radius 1 is 1.38 bits per heavy atom. The Labute approximate surface area is 249 Å². The Hall–Kier alpha value is -4.30. The second-order valence-electron chi connectivity index (χ2n) is 9.15. The minimum Gasteiger partial charge on any atom is -0.481 e. The van der Waals surface area contributed by atoms with Gasteiger partial charge in [0.15, 0.2) is 17.5 Å². The zero-order valence-corrected chi connectivity index (χ0v) is 24.2. The molecule has 5 rings (SSSR count). The number of anilines is 2. The van der Waals surface area contributed by atoms with Gasteiger partial charge in [-0.15, -0.1) is 28.2 Å². The van der Waals surface area contributed by atoms with Crippen LogP contribution in [0.4, 0.5) is 10.8 Å². The monoisotopic (exact) mass is 633 g/mol. The van der Waals surface area contributed by atoms with Crippen LogP contribution in [0.1, 0.15) is 5.69 Å². The number of hydrogen-bond donors (Lipinski definition) is 4. The van der Waals surface area contributed by atoms with E-state index in [2.05, 4.69) is 41.3 Å². The van der Waals surface area contributed by atoms with E-state index in [1.165, 1.54) is 44.7 Å². The Morgan fingerprint density at radius 3 is 2.88 bits per heavy atom. The van der Waals surface area contributed by atoms with Crippen LogP contribution in [0.5, 0.6) is 0 Å². The van der Waals surface area contributed by atoms with E-state index in [0.29, 0.717) is 10.8 Å². The topological polar surface area (TPSA) is 233 Å². The first-order valence-corrected chi connectivity index (χ1v) is 15.0. The average Bonchev–Trinajstić information content (AvgIpc) is 3.60. The van der Waals surface area contributed by atoms with Crippen molar-refractivity contribution in [1.29, 1.82) is 0 Å². The first-order chi connectivity index (χ1) is 20.2. The van der Waals surface area contributed by atoms with Crippen molar-refractivity contribution in [3.63, 3.8) is 0 Å². The molecule has 0 bridgehead atoms. The lowest BCUT2D eigenvalue weighted by atomic mass is 9.89. The highest BCUT2D eigenvalue weighted by atomic mass is 32.2. The van der Waals surface area contributed by atoms with E-state index in [0.717, 1.165) is 11.3 Å². The summed E-state index contributed by atoms with van der Waals surface area (Å²) in [6, 6.07) is 2.36. The summed E-state index contributed by atoms with van der Waals surface area (Å²) >= 11 is 3.51. The number of thiazole rings is 1. The van der Waals surface area contributed by atoms with Crippen LogP contribution in [0.25, 0.3) is 0 Å². The summed E-state index contributed by atoms with van der Waals surface area (Å²) < 4.78 is 1.44. The van der Waals surface area contributed by atoms with Crippen molar-refractivity contribution in [2.45, 2.75) is 16.6 Å². The number of nitrogens with zero attached hydrogens (tertiary/aromatic N) is 8. The van der Waals surface area contributed by atoms with Crippen molar-refractivity contribution in [3.8, 4) is 0 Å². The van der Waals surface area contributed by atoms with Crippen LogP contribution in [0.3, 0.4) is 0 Å². The largest absolute Gasteiger partial charge is 0.481 e. The molecule has 2 fully saturated rings. The van der Waals surface area contributed by atoms with E-state index in [-0.39, 0.29) is 34.6 Å². The Kier molecular flexibility index (Phi) is 8.54. The number of aromatic nitrogens is 6. The van der Waals surface area contributed by atoms with Crippen LogP contribution in [-0.2, 0) is 31.1 Å². The summed E-state index contributed by atoms with van der Waals surface area (Å²) in [6.45, 7) is -0.554. The molecule has 3 atom stereocenters. The van der Waals surface area contributed by atoms with Crippen LogP contribution >= 0.6 is 34.9 Å². The normalized spacial score (nSPS) is 21.7. The number of carbonyl (C=O) groups is 4. The number of tetrazole rings is 1. The quantitative estimate of drug-likeness (QED) is 0.0882. The van der Waals surface area contributed by atoms with Crippen molar-refractivity contribution in [3.05, 3.63) is 35.6 Å². The van der Waals surface area contributed by atoms with E-state index in [1.54, 1.807) is 25.4 Å². The van der Waals surface area contributed by atoms with Crippen molar-refractivity contribution in [1.82, 2.24) is 40.4 Å². The minimum absolute atomic E-state index is 0.0395. The van der Waals surface area contributed by atoms with E-state index < -0.39 is 47.1 Å². The van der Waals surface area contributed by atoms with Crippen molar-refractivity contribution in [2.24, 2.45) is 17.6 Å². The number of aryl methyl sites for hydroxylation is 1. The van der Waals surface area contributed by atoms with Crippen LogP contribution in [0, 0.1) is 5.41 Å². The van der Waals surface area contributed by atoms with Gasteiger partial charge in [-0.25, -0.2) is 9.67 Å². The standard InChI is InChI=1S/C22H23N11O6S3/c1-32-21(28-30-31-32)42-10-22(19(37)38)8-33-17(36)15(18(33)41-9-22)27-16(35)14(12-7-40-20(23)26-12)29-39-6-13(34)25-11-3-2-4-24-5-11/h2-5,7,15,18H,6,8-10H2,1H3,(H2,23,26)(H,25,34)(H,27,35)(H,37,38)/t15?,18-,22?/m1/s1. The van der Waals surface area contributed by atoms with Crippen molar-refractivity contribution >= 4 is 75.1 Å². The predicted octanol–water partition coefficient (Wildman–Crippen LogP) is -0.734. The fourth-order valence-corrected chi connectivity index (χ4v) is 7.31. The molecule has 2 unspecified atom stereocenters. The molecule has 3 aromatic heterocycles. The number of carboxylic acid groups (broad SMARTS) is 1. The van der Waals surface area contributed by atoms with E-state index >= 15 is 0 Å². The first kappa shape index (κ1) is 29.2. The summed E-state index contributed by atoms with van der Waals surface area (Å²) in [5, 5.41) is 31.9. The van der Waals surface area contributed by atoms with Crippen LogP contribution < -0.4 is 16.4 Å². The third-order valence-corrected chi connectivity index (χ3v) is 9.78. The molecular formula is C22H23N11O6S3. The first-order valence-electron chi connectivity index (χ1n) is 12.1. The molecular weight excluding hydrogens is 611 g/mol. The molecule has 2 aliphatic rings. The van der Waals surface area contributed by atoms with E-state index in [9.17, 15) is 24.3 Å². The minimum atomic E-state index is -1.24. The van der Waals surface area contributed by atoms with Gasteiger partial charge in [0.05, 0.1) is 11.9 Å². The van der Waals surface area contributed by atoms with Gasteiger partial charge in [-0.2, -0.15) is 0 Å². The number of β-lactam (4-membered cyclic amide) rings is 1. The van der Waals surface area contributed by atoms with Crippen LogP contribution in [-0.4, -0.2) is 106 Å². The number of fused-ring (bicyclic) bond motifs is 1. The number of nitrogens with one attached hydrogen (secondary N) is 2. The van der Waals surface area contributed by atoms with E-state index in [1.807, 2.05) is 0 Å². The molecule has 20 heteroatoms. The van der Waals surface area contributed by atoms with Crippen molar-refractivity contribution in [2.75, 3.05) is 35.7 Å². The highest BCUT2D eigenvalue weighted by Gasteiger charge is 2.57. The number of pyridine rings is 1. The third-order valence-electron chi connectivity index (χ3n) is 6.22. The molecule has 0 aromatic carbocycles. The second-order valence-corrected chi connectivity index (χ2v) is 12.1. The number of carboxylic acids is 1. The maximum atomic E-state index is 13.2. The number of hydrogen-bond acceptors (Lipinski definition) is 15. The zero-order chi connectivity index (χ0) is 29.9. The maximum absolute atomic E-state index is 13.2. The SMILES string of the molecule is Cn1nnnc1SCC1(C(=O)O)CS[C@@H]2C(NC(=O)C(=NOCC(=O)Nc3cccnc3)c3csc(N)n3)C(=O)N2C1. The lowest BCUT2D eigenvalue weighted by molar-refractivity contribution is -0.157. The van der Waals surface area contributed by atoms with E-state index in [4.69, 9.17) is 10.6 Å².